The van der Waals surface area contributed by atoms with Crippen LogP contribution in [0.4, 0.5) is 5.69 Å². The zero-order valence-corrected chi connectivity index (χ0v) is 15.1. The van der Waals surface area contributed by atoms with Crippen molar-refractivity contribution in [3.63, 3.8) is 0 Å². The number of benzene rings is 2. The first-order valence-corrected chi connectivity index (χ1v) is 8.95. The molecular formula is C15H16Cl3NO3S. The van der Waals surface area contributed by atoms with Gasteiger partial charge in [-0.2, -0.15) is 0 Å². The highest BCUT2D eigenvalue weighted by Crippen LogP contribution is 2.31. The van der Waals surface area contributed by atoms with E-state index in [2.05, 4.69) is 0 Å². The molecule has 0 saturated heterocycles. The molecule has 4 nitrogen and oxygen atoms in total. The molecule has 2 rings (SSSR count). The van der Waals surface area contributed by atoms with Crippen LogP contribution in [-0.4, -0.2) is 19.3 Å². The Hall–Kier alpha value is -1.14. The Bertz CT molecular complexity index is 754. The largest absolute Gasteiger partial charge is 0.504 e. The molecule has 0 fully saturated rings. The van der Waals surface area contributed by atoms with Gasteiger partial charge in [-0.25, -0.2) is 8.42 Å². The number of nitrogens with two attached hydrogens (primary N) is 1. The number of aromatic hydroxyl groups is 1. The van der Waals surface area contributed by atoms with Crippen LogP contribution in [0.3, 0.4) is 0 Å². The molecule has 0 heterocycles. The second kappa shape index (κ2) is 8.11. The number of rotatable bonds is 5. The van der Waals surface area contributed by atoms with Gasteiger partial charge in [-0.15, -0.1) is 12.4 Å². The Kier molecular flexibility index (Phi) is 7.02. The van der Waals surface area contributed by atoms with E-state index in [0.717, 1.165) is 5.56 Å². The van der Waals surface area contributed by atoms with E-state index < -0.39 is 9.84 Å². The van der Waals surface area contributed by atoms with Crippen molar-refractivity contribution >= 4 is 51.1 Å². The van der Waals surface area contributed by atoms with Crippen LogP contribution in [0.1, 0.15) is 12.0 Å². The molecule has 0 aliphatic rings. The van der Waals surface area contributed by atoms with Crippen LogP contribution in [0.2, 0.25) is 10.0 Å². The normalized spacial score (nSPS) is 11.0. The van der Waals surface area contributed by atoms with Crippen LogP contribution in [-0.2, 0) is 16.3 Å². The SMILES string of the molecule is Cl.Nc1cc(CCCS(=O)(=O)c2ccc(Cl)cc2)cc(Cl)c1O. The molecule has 0 radical (unpaired) electrons. The fraction of sp³-hybridized carbons (Fsp3) is 0.200. The van der Waals surface area contributed by atoms with Gasteiger partial charge in [0.15, 0.2) is 15.6 Å². The van der Waals surface area contributed by atoms with Crippen molar-refractivity contribution in [1.82, 2.24) is 0 Å². The summed E-state index contributed by atoms with van der Waals surface area (Å²) in [5.41, 5.74) is 6.59. The lowest BCUT2D eigenvalue weighted by atomic mass is 10.1. The molecular weight excluding hydrogens is 381 g/mol. The lowest BCUT2D eigenvalue weighted by Crippen LogP contribution is -2.07. The zero-order valence-electron chi connectivity index (χ0n) is 12.0. The quantitative estimate of drug-likeness (QED) is 0.588. The third-order valence-corrected chi connectivity index (χ3v) is 5.56. The first-order chi connectivity index (χ1) is 10.3. The molecule has 0 aliphatic heterocycles. The summed E-state index contributed by atoms with van der Waals surface area (Å²) < 4.78 is 24.4. The van der Waals surface area contributed by atoms with Crippen molar-refractivity contribution in [1.29, 1.82) is 0 Å². The van der Waals surface area contributed by atoms with Gasteiger partial charge in [-0.1, -0.05) is 23.2 Å². The van der Waals surface area contributed by atoms with Crippen molar-refractivity contribution < 1.29 is 13.5 Å². The molecule has 0 saturated carbocycles. The molecule has 0 atom stereocenters. The van der Waals surface area contributed by atoms with Crippen LogP contribution in [0, 0.1) is 0 Å². The second-order valence-electron chi connectivity index (χ2n) is 4.89. The second-order valence-corrected chi connectivity index (χ2v) is 7.84. The van der Waals surface area contributed by atoms with Crippen LogP contribution in [0.15, 0.2) is 41.3 Å². The molecule has 0 aromatic heterocycles. The van der Waals surface area contributed by atoms with Crippen molar-refractivity contribution in [3.8, 4) is 5.75 Å². The third kappa shape index (κ3) is 5.18. The standard InChI is InChI=1S/C15H15Cl2NO3S.ClH/c16-11-3-5-12(6-4-11)22(20,21)7-1-2-10-8-13(17)15(19)14(18)9-10;/h3-6,8-9,19H,1-2,7,18H2;1H. The molecule has 0 bridgehead atoms. The number of sulfone groups is 1. The Labute approximate surface area is 151 Å². The predicted octanol–water partition coefficient (Wildman–Crippen LogP) is 4.11. The lowest BCUT2D eigenvalue weighted by Gasteiger charge is -2.07. The first kappa shape index (κ1) is 19.9. The fourth-order valence-electron chi connectivity index (χ4n) is 2.05. The van der Waals surface area contributed by atoms with Gasteiger partial charge in [0.2, 0.25) is 0 Å². The number of phenolic OH excluding ortho intramolecular Hbond substituents is 1. The first-order valence-electron chi connectivity index (χ1n) is 6.55. The molecule has 23 heavy (non-hydrogen) atoms. The summed E-state index contributed by atoms with van der Waals surface area (Å²) >= 11 is 11.6. The van der Waals surface area contributed by atoms with Crippen LogP contribution >= 0.6 is 35.6 Å². The van der Waals surface area contributed by atoms with E-state index in [4.69, 9.17) is 28.9 Å². The highest BCUT2D eigenvalue weighted by molar-refractivity contribution is 7.91. The molecule has 126 valence electrons. The van der Waals surface area contributed by atoms with Crippen molar-refractivity contribution in [2.45, 2.75) is 17.7 Å². The molecule has 0 aliphatic carbocycles. The van der Waals surface area contributed by atoms with E-state index in [0.29, 0.717) is 17.9 Å². The number of phenols is 1. The van der Waals surface area contributed by atoms with Gasteiger partial charge in [0.25, 0.3) is 0 Å². The number of nitrogen functional groups attached to an aromatic ring is 1. The minimum atomic E-state index is -3.35. The number of hydrogen-bond acceptors (Lipinski definition) is 4. The highest BCUT2D eigenvalue weighted by Gasteiger charge is 2.14. The van der Waals surface area contributed by atoms with Crippen LogP contribution < -0.4 is 5.73 Å². The van der Waals surface area contributed by atoms with Gasteiger partial charge in [0.1, 0.15) is 0 Å². The number of hydrogen-bond donors (Lipinski definition) is 2. The average Bonchev–Trinajstić information content (AvgIpc) is 2.45. The molecule has 2 aromatic rings. The molecule has 0 spiro atoms. The van der Waals surface area contributed by atoms with Gasteiger partial charge >= 0.3 is 0 Å². The van der Waals surface area contributed by atoms with E-state index in [-0.39, 0.29) is 39.5 Å². The van der Waals surface area contributed by atoms with E-state index in [9.17, 15) is 13.5 Å². The van der Waals surface area contributed by atoms with E-state index in [1.165, 1.54) is 12.1 Å². The van der Waals surface area contributed by atoms with Gasteiger partial charge in [0, 0.05) is 5.02 Å². The van der Waals surface area contributed by atoms with E-state index in [1.54, 1.807) is 24.3 Å². The number of halogens is 3. The lowest BCUT2D eigenvalue weighted by molar-refractivity contribution is 0.478. The zero-order chi connectivity index (χ0) is 16.3. The summed E-state index contributed by atoms with van der Waals surface area (Å²) in [6.07, 6.45) is 0.919. The van der Waals surface area contributed by atoms with Crippen LogP contribution in [0.5, 0.6) is 5.75 Å². The van der Waals surface area contributed by atoms with Gasteiger partial charge < -0.3 is 10.8 Å². The van der Waals surface area contributed by atoms with Gasteiger partial charge in [-0.05, 0) is 54.8 Å². The van der Waals surface area contributed by atoms with Crippen molar-refractivity contribution in [3.05, 3.63) is 52.0 Å². The minimum absolute atomic E-state index is 0. The minimum Gasteiger partial charge on any atom is -0.504 e. The van der Waals surface area contributed by atoms with Crippen molar-refractivity contribution in [2.24, 2.45) is 0 Å². The summed E-state index contributed by atoms with van der Waals surface area (Å²) in [6.45, 7) is 0. The Morgan fingerprint density at radius 3 is 2.26 bits per heavy atom. The topological polar surface area (TPSA) is 80.4 Å². The summed E-state index contributed by atoms with van der Waals surface area (Å²) in [7, 11) is -3.35. The maximum atomic E-state index is 12.2. The van der Waals surface area contributed by atoms with Gasteiger partial charge in [-0.3, -0.25) is 0 Å². The summed E-state index contributed by atoms with van der Waals surface area (Å²) in [5.74, 6) is -0.147. The monoisotopic (exact) mass is 395 g/mol. The summed E-state index contributed by atoms with van der Waals surface area (Å²) in [4.78, 5) is 0.250. The highest BCUT2D eigenvalue weighted by atomic mass is 35.5. The summed E-state index contributed by atoms with van der Waals surface area (Å²) in [5, 5.41) is 10.1. The molecule has 3 N–H and O–H groups in total. The Morgan fingerprint density at radius 1 is 1.09 bits per heavy atom. The maximum Gasteiger partial charge on any atom is 0.178 e. The number of anilines is 1. The average molecular weight is 397 g/mol. The van der Waals surface area contributed by atoms with E-state index in [1.807, 2.05) is 0 Å². The summed E-state index contributed by atoms with van der Waals surface area (Å²) in [6, 6.07) is 9.27. The smallest absolute Gasteiger partial charge is 0.178 e. The molecule has 8 heteroatoms. The Morgan fingerprint density at radius 2 is 1.70 bits per heavy atom. The van der Waals surface area contributed by atoms with Gasteiger partial charge in [0.05, 0.1) is 21.4 Å². The Balaban J connectivity index is 0.00000264. The van der Waals surface area contributed by atoms with E-state index >= 15 is 0 Å². The molecule has 2 aromatic carbocycles. The predicted molar refractivity (Wildman–Crippen MR) is 96.6 cm³/mol. The maximum absolute atomic E-state index is 12.2. The third-order valence-electron chi connectivity index (χ3n) is 3.20. The number of aryl methyl sites for hydroxylation is 1. The van der Waals surface area contributed by atoms with Crippen molar-refractivity contribution in [2.75, 3.05) is 11.5 Å². The fourth-order valence-corrected chi connectivity index (χ4v) is 3.74. The molecule has 0 amide bonds. The van der Waals surface area contributed by atoms with Crippen LogP contribution in [0.25, 0.3) is 0 Å². The molecule has 0 unspecified atom stereocenters.